The lowest BCUT2D eigenvalue weighted by Gasteiger charge is -2.10. The average molecular weight is 575 g/mol. The molecule has 0 aliphatic rings. The Balaban J connectivity index is 1.13. The van der Waals surface area contributed by atoms with Crippen LogP contribution in [0.15, 0.2) is 139 Å². The number of para-hydroxylation sites is 1. The molecule has 0 N–H and O–H groups in total. The third-order valence-corrected chi connectivity index (χ3v) is 7.67. The molecule has 0 spiro atoms. The lowest BCUT2D eigenvalue weighted by molar-refractivity contribution is 0.488. The van der Waals surface area contributed by atoms with Gasteiger partial charge in [0.1, 0.15) is 48.0 Å². The molecular formula is C36H26N6O2. The number of furan rings is 1. The van der Waals surface area contributed by atoms with Crippen LogP contribution in [0.2, 0.25) is 0 Å². The Morgan fingerprint density at radius 3 is 1.98 bits per heavy atom. The first-order chi connectivity index (χ1) is 21.8. The van der Waals surface area contributed by atoms with Crippen LogP contribution in [0.4, 0.5) is 0 Å². The third kappa shape index (κ3) is 4.98. The molecule has 8 rings (SSSR count). The number of hydrogen-bond donors (Lipinski definition) is 0. The van der Waals surface area contributed by atoms with Gasteiger partial charge in [-0.15, -0.1) is 0 Å². The normalized spacial score (nSPS) is 11.4. The number of aromatic nitrogens is 6. The van der Waals surface area contributed by atoms with Gasteiger partial charge in [0.25, 0.3) is 0 Å². The third-order valence-electron chi connectivity index (χ3n) is 7.67. The average Bonchev–Trinajstić information content (AvgIpc) is 3.84. The quantitative estimate of drug-likeness (QED) is 0.183. The van der Waals surface area contributed by atoms with Crippen molar-refractivity contribution < 1.29 is 9.15 Å². The number of rotatable bonds is 8. The Morgan fingerprint density at radius 2 is 1.25 bits per heavy atom. The van der Waals surface area contributed by atoms with Gasteiger partial charge in [-0.25, -0.2) is 19.3 Å². The van der Waals surface area contributed by atoms with E-state index in [0.29, 0.717) is 13.1 Å². The van der Waals surface area contributed by atoms with E-state index < -0.39 is 0 Å². The fourth-order valence-electron chi connectivity index (χ4n) is 5.68. The van der Waals surface area contributed by atoms with Crippen LogP contribution in [0.1, 0.15) is 11.1 Å². The summed E-state index contributed by atoms with van der Waals surface area (Å²) >= 11 is 0. The largest absolute Gasteiger partial charge is 0.457 e. The number of benzene rings is 5. The highest BCUT2D eigenvalue weighted by Crippen LogP contribution is 2.41. The highest BCUT2D eigenvalue weighted by atomic mass is 16.5. The molecule has 3 heterocycles. The maximum atomic E-state index is 6.56. The first-order valence-electron chi connectivity index (χ1n) is 14.3. The van der Waals surface area contributed by atoms with Gasteiger partial charge in [-0.05, 0) is 64.2 Å². The highest BCUT2D eigenvalue weighted by molar-refractivity contribution is 6.12. The molecule has 0 fully saturated rings. The summed E-state index contributed by atoms with van der Waals surface area (Å²) in [6, 6.07) is 37.3. The summed E-state index contributed by atoms with van der Waals surface area (Å²) in [5, 5.41) is 10.4. The van der Waals surface area contributed by atoms with Crippen molar-refractivity contribution >= 4 is 21.9 Å². The fraction of sp³-hybridized carbons (Fsp3) is 0.0556. The second kappa shape index (κ2) is 11.0. The van der Waals surface area contributed by atoms with E-state index in [0.717, 1.165) is 66.8 Å². The zero-order valence-electron chi connectivity index (χ0n) is 23.6. The van der Waals surface area contributed by atoms with Crippen molar-refractivity contribution in [3.63, 3.8) is 0 Å². The second-order valence-corrected chi connectivity index (χ2v) is 10.6. The van der Waals surface area contributed by atoms with Crippen LogP contribution in [-0.4, -0.2) is 29.5 Å². The molecule has 212 valence electrons. The fourth-order valence-corrected chi connectivity index (χ4v) is 5.68. The number of nitrogens with zero attached hydrogens (tertiary/aromatic N) is 6. The number of fused-ring (bicyclic) bond motifs is 3. The first-order valence-corrected chi connectivity index (χ1v) is 14.3. The Morgan fingerprint density at radius 1 is 0.614 bits per heavy atom. The molecule has 0 atom stereocenters. The van der Waals surface area contributed by atoms with Crippen LogP contribution in [0, 0.1) is 0 Å². The molecule has 0 amide bonds. The maximum Gasteiger partial charge on any atom is 0.143 e. The summed E-state index contributed by atoms with van der Waals surface area (Å²) in [7, 11) is 0. The molecule has 44 heavy (non-hydrogen) atoms. The van der Waals surface area contributed by atoms with Gasteiger partial charge < -0.3 is 9.15 Å². The zero-order chi connectivity index (χ0) is 29.3. The Bertz CT molecular complexity index is 2220. The topological polar surface area (TPSA) is 83.8 Å². The zero-order valence-corrected chi connectivity index (χ0v) is 23.6. The van der Waals surface area contributed by atoms with Crippen LogP contribution < -0.4 is 4.74 Å². The van der Waals surface area contributed by atoms with E-state index in [1.165, 1.54) is 0 Å². The SMILES string of the molecule is c1cc(Cn2cncn2)cc(-c2cccc(Oc3cccc4oc5c(-c6cccc(Cn7cncn7)c6)cccc5c34)c2)c1. The predicted octanol–water partition coefficient (Wildman–Crippen LogP) is 7.99. The van der Waals surface area contributed by atoms with Crippen LogP contribution in [0.5, 0.6) is 11.5 Å². The molecular weight excluding hydrogens is 548 g/mol. The minimum atomic E-state index is 0.646. The molecule has 8 heteroatoms. The van der Waals surface area contributed by atoms with E-state index in [-0.39, 0.29) is 0 Å². The second-order valence-electron chi connectivity index (χ2n) is 10.6. The van der Waals surface area contributed by atoms with Crippen LogP contribution in [0.25, 0.3) is 44.2 Å². The Kier molecular flexibility index (Phi) is 6.42. The van der Waals surface area contributed by atoms with Crippen LogP contribution >= 0.6 is 0 Å². The van der Waals surface area contributed by atoms with E-state index in [1.54, 1.807) is 25.3 Å². The van der Waals surface area contributed by atoms with Crippen molar-refractivity contribution in [2.75, 3.05) is 0 Å². The van der Waals surface area contributed by atoms with Gasteiger partial charge in [-0.3, -0.25) is 0 Å². The number of hydrogen-bond acceptors (Lipinski definition) is 6. The number of ether oxygens (including phenoxy) is 1. The van der Waals surface area contributed by atoms with E-state index in [4.69, 9.17) is 9.15 Å². The monoisotopic (exact) mass is 574 g/mol. The smallest absolute Gasteiger partial charge is 0.143 e. The predicted molar refractivity (Wildman–Crippen MR) is 169 cm³/mol. The molecule has 0 saturated heterocycles. The Hall–Kier alpha value is -6.02. The molecule has 0 aliphatic heterocycles. The van der Waals surface area contributed by atoms with E-state index >= 15 is 0 Å². The Labute approximate surface area is 252 Å². The van der Waals surface area contributed by atoms with Gasteiger partial charge in [-0.1, -0.05) is 72.8 Å². The maximum absolute atomic E-state index is 6.56. The van der Waals surface area contributed by atoms with Crippen molar-refractivity contribution in [3.8, 4) is 33.8 Å². The van der Waals surface area contributed by atoms with Gasteiger partial charge >= 0.3 is 0 Å². The summed E-state index contributed by atoms with van der Waals surface area (Å²) in [6.45, 7) is 1.31. The van der Waals surface area contributed by atoms with Gasteiger partial charge in [0, 0.05) is 10.9 Å². The summed E-state index contributed by atoms with van der Waals surface area (Å²) < 4.78 is 16.7. The van der Waals surface area contributed by atoms with Gasteiger partial charge in [0.15, 0.2) is 0 Å². The minimum absolute atomic E-state index is 0.646. The minimum Gasteiger partial charge on any atom is -0.457 e. The van der Waals surface area contributed by atoms with Crippen molar-refractivity contribution in [2.45, 2.75) is 13.1 Å². The molecule has 8 nitrogen and oxygen atoms in total. The van der Waals surface area contributed by atoms with E-state index in [9.17, 15) is 0 Å². The molecule has 3 aromatic heterocycles. The standard InChI is InChI=1S/C36H26N6O2/c1-6-25(19-41-23-37-21-39-41)16-27(8-1)28-9-3-11-30(18-28)43-33-14-5-15-34-35(33)32-13-4-12-31(36(32)44-34)29-10-2-7-26(17-29)20-42-24-38-22-40-42/h1-18,21-24H,19-20H2. The van der Waals surface area contributed by atoms with Crippen molar-refractivity contribution in [1.29, 1.82) is 0 Å². The lowest BCUT2D eigenvalue weighted by Crippen LogP contribution is -1.99. The molecule has 0 radical (unpaired) electrons. The lowest BCUT2D eigenvalue weighted by atomic mass is 10.0. The van der Waals surface area contributed by atoms with Crippen LogP contribution in [-0.2, 0) is 13.1 Å². The highest BCUT2D eigenvalue weighted by Gasteiger charge is 2.17. The first kappa shape index (κ1) is 25.7. The van der Waals surface area contributed by atoms with Crippen molar-refractivity contribution in [2.24, 2.45) is 0 Å². The van der Waals surface area contributed by atoms with Crippen molar-refractivity contribution in [3.05, 3.63) is 146 Å². The molecule has 8 aromatic rings. The summed E-state index contributed by atoms with van der Waals surface area (Å²) in [4.78, 5) is 8.10. The van der Waals surface area contributed by atoms with Gasteiger partial charge in [-0.2, -0.15) is 10.2 Å². The summed E-state index contributed by atoms with van der Waals surface area (Å²) in [5.74, 6) is 1.50. The molecule has 0 saturated carbocycles. The molecule has 5 aromatic carbocycles. The summed E-state index contributed by atoms with van der Waals surface area (Å²) in [5.41, 5.74) is 8.17. The molecule has 0 aliphatic carbocycles. The van der Waals surface area contributed by atoms with E-state index in [1.807, 2.05) is 39.7 Å². The molecule has 0 unspecified atom stereocenters. The summed E-state index contributed by atoms with van der Waals surface area (Å²) in [6.07, 6.45) is 6.55. The van der Waals surface area contributed by atoms with Gasteiger partial charge in [0.2, 0.25) is 0 Å². The van der Waals surface area contributed by atoms with Gasteiger partial charge in [0.05, 0.1) is 18.5 Å². The van der Waals surface area contributed by atoms with Crippen LogP contribution in [0.3, 0.4) is 0 Å². The van der Waals surface area contributed by atoms with Crippen molar-refractivity contribution in [1.82, 2.24) is 29.5 Å². The van der Waals surface area contributed by atoms with E-state index in [2.05, 4.69) is 99.0 Å². The molecule has 0 bridgehead atoms.